The van der Waals surface area contributed by atoms with Gasteiger partial charge in [0.2, 0.25) is 0 Å². The third-order valence-corrected chi connectivity index (χ3v) is 7.23. The molecule has 0 radical (unpaired) electrons. The molecule has 1 N–H and O–H groups in total. The van der Waals surface area contributed by atoms with Gasteiger partial charge in [-0.2, -0.15) is 9.61 Å². The molecule has 0 atom stereocenters. The Bertz CT molecular complexity index is 1450. The number of hydrogen-bond acceptors (Lipinski definition) is 5. The number of benzene rings is 2. The number of nitrogens with one attached hydrogen (secondary N) is 1. The van der Waals surface area contributed by atoms with E-state index in [1.54, 1.807) is 17.6 Å². The van der Waals surface area contributed by atoms with Crippen molar-refractivity contribution >= 4 is 50.7 Å². The molecule has 36 heavy (non-hydrogen) atoms. The highest BCUT2D eigenvalue weighted by Crippen LogP contribution is 2.31. The van der Waals surface area contributed by atoms with Gasteiger partial charge >= 0.3 is 0 Å². The summed E-state index contributed by atoms with van der Waals surface area (Å²) in [7, 11) is 0. The summed E-state index contributed by atoms with van der Waals surface area (Å²) >= 11 is 10.00. The number of anilines is 1. The minimum atomic E-state index is 0.00201. The molecule has 9 heteroatoms. The zero-order chi connectivity index (χ0) is 25.2. The minimum absolute atomic E-state index is 0.00201. The first-order valence-corrected chi connectivity index (χ1v) is 13.0. The Balaban J connectivity index is 1.32. The number of ketones is 1. The Labute approximate surface area is 222 Å². The molecule has 2 aromatic carbocycles. The number of Topliss-reactive ketones (excluding diaryl/α,β-unsaturated/α-hetero) is 1. The predicted molar refractivity (Wildman–Crippen MR) is 145 cm³/mol. The summed E-state index contributed by atoms with van der Waals surface area (Å²) in [6.07, 6.45) is 3.66. The second-order valence-electron chi connectivity index (χ2n) is 9.02. The number of halogens is 2. The van der Waals surface area contributed by atoms with Gasteiger partial charge in [-0.15, -0.1) is 0 Å². The molecule has 3 heterocycles. The summed E-state index contributed by atoms with van der Waals surface area (Å²) in [5, 5.41) is 8.73. The van der Waals surface area contributed by atoms with Gasteiger partial charge in [0, 0.05) is 47.8 Å². The van der Waals surface area contributed by atoms with Gasteiger partial charge in [0.05, 0.1) is 16.4 Å². The summed E-state index contributed by atoms with van der Waals surface area (Å²) in [6, 6.07) is 17.1. The summed E-state index contributed by atoms with van der Waals surface area (Å²) in [6.45, 7) is 2.84. The van der Waals surface area contributed by atoms with Crippen molar-refractivity contribution in [3.8, 4) is 11.3 Å². The minimum Gasteiger partial charge on any atom is -0.367 e. The molecule has 5 rings (SSSR count). The second-order valence-corrected chi connectivity index (χ2v) is 10.3. The standard InChI is InChI=1S/C27H25BrClN5O2/c1-17(35)13-18-5-4-6-19(14-18)27(36)33-11-9-20(10-12-33)31-25-15-24(21-7-2-3-8-23(21)29)32-26-22(28)16-30-34(25)26/h2-8,14-16,20,31H,9-13H2,1H3. The largest absolute Gasteiger partial charge is 0.367 e. The fourth-order valence-corrected chi connectivity index (χ4v) is 5.15. The molecule has 1 saturated heterocycles. The van der Waals surface area contributed by atoms with Crippen molar-refractivity contribution in [3.05, 3.63) is 81.4 Å². The van der Waals surface area contributed by atoms with E-state index in [-0.39, 0.29) is 17.7 Å². The van der Waals surface area contributed by atoms with E-state index in [0.717, 1.165) is 40.0 Å². The van der Waals surface area contributed by atoms with Crippen molar-refractivity contribution < 1.29 is 9.59 Å². The molecule has 4 aromatic rings. The van der Waals surface area contributed by atoms with Gasteiger partial charge in [0.25, 0.3) is 5.91 Å². The number of amides is 1. The highest BCUT2D eigenvalue weighted by atomic mass is 79.9. The molecule has 1 aliphatic rings. The van der Waals surface area contributed by atoms with Crippen molar-refractivity contribution in [2.45, 2.75) is 32.2 Å². The van der Waals surface area contributed by atoms with E-state index >= 15 is 0 Å². The lowest BCUT2D eigenvalue weighted by Crippen LogP contribution is -2.42. The Morgan fingerprint density at radius 1 is 1.11 bits per heavy atom. The van der Waals surface area contributed by atoms with Crippen molar-refractivity contribution in [1.82, 2.24) is 19.5 Å². The Kier molecular flexibility index (Phi) is 7.07. The van der Waals surface area contributed by atoms with Gasteiger partial charge in [-0.05, 0) is 59.5 Å². The fourth-order valence-electron chi connectivity index (χ4n) is 4.57. The third-order valence-electron chi connectivity index (χ3n) is 6.34. The van der Waals surface area contributed by atoms with Crippen LogP contribution in [-0.4, -0.2) is 50.3 Å². The highest BCUT2D eigenvalue weighted by molar-refractivity contribution is 9.10. The monoisotopic (exact) mass is 565 g/mol. The van der Waals surface area contributed by atoms with E-state index in [1.807, 2.05) is 59.5 Å². The van der Waals surface area contributed by atoms with Crippen LogP contribution in [0.3, 0.4) is 0 Å². The number of carbonyl (C=O) groups excluding carboxylic acids is 2. The maximum absolute atomic E-state index is 13.1. The topological polar surface area (TPSA) is 79.6 Å². The first-order chi connectivity index (χ1) is 17.4. The zero-order valence-corrected chi connectivity index (χ0v) is 22.1. The van der Waals surface area contributed by atoms with Crippen LogP contribution in [0.15, 0.2) is 65.3 Å². The van der Waals surface area contributed by atoms with Crippen LogP contribution in [0.1, 0.15) is 35.7 Å². The molecule has 2 aromatic heterocycles. The molecule has 0 aliphatic carbocycles. The molecule has 0 saturated carbocycles. The van der Waals surface area contributed by atoms with Gasteiger partial charge in [-0.1, -0.05) is 41.9 Å². The van der Waals surface area contributed by atoms with Crippen LogP contribution in [0.2, 0.25) is 5.02 Å². The molecule has 1 amide bonds. The van der Waals surface area contributed by atoms with Gasteiger partial charge in [0.1, 0.15) is 11.6 Å². The lowest BCUT2D eigenvalue weighted by atomic mass is 10.0. The molecule has 7 nitrogen and oxygen atoms in total. The lowest BCUT2D eigenvalue weighted by Gasteiger charge is -2.33. The Morgan fingerprint density at radius 2 is 1.89 bits per heavy atom. The van der Waals surface area contributed by atoms with E-state index in [9.17, 15) is 9.59 Å². The smallest absolute Gasteiger partial charge is 0.253 e. The number of nitrogens with zero attached hydrogens (tertiary/aromatic N) is 4. The second kappa shape index (κ2) is 10.4. The van der Waals surface area contributed by atoms with Crippen LogP contribution in [0.5, 0.6) is 0 Å². The van der Waals surface area contributed by atoms with Crippen LogP contribution in [0, 0.1) is 0 Å². The average Bonchev–Trinajstić information content (AvgIpc) is 3.25. The lowest BCUT2D eigenvalue weighted by molar-refractivity contribution is -0.116. The maximum Gasteiger partial charge on any atom is 0.253 e. The fraction of sp³-hybridized carbons (Fsp3) is 0.259. The summed E-state index contributed by atoms with van der Waals surface area (Å²) in [4.78, 5) is 31.2. The van der Waals surface area contributed by atoms with E-state index in [1.165, 1.54) is 0 Å². The Hall–Kier alpha value is -3.23. The molecular formula is C27H25BrClN5O2. The summed E-state index contributed by atoms with van der Waals surface area (Å²) in [5.41, 5.74) is 3.81. The number of rotatable bonds is 6. The van der Waals surface area contributed by atoms with E-state index in [2.05, 4.69) is 26.3 Å². The van der Waals surface area contributed by atoms with Gasteiger partial charge < -0.3 is 10.2 Å². The first kappa shape index (κ1) is 24.5. The molecule has 1 fully saturated rings. The van der Waals surface area contributed by atoms with Gasteiger partial charge in [-0.25, -0.2) is 4.98 Å². The normalized spacial score (nSPS) is 14.2. The molecule has 184 valence electrons. The van der Waals surface area contributed by atoms with Crippen LogP contribution >= 0.6 is 27.5 Å². The van der Waals surface area contributed by atoms with E-state index < -0.39 is 0 Å². The number of hydrogen-bond donors (Lipinski definition) is 1. The SMILES string of the molecule is CC(=O)Cc1cccc(C(=O)N2CCC(Nc3cc(-c4ccccc4Cl)nc4c(Br)cnn34)CC2)c1. The number of carbonyl (C=O) groups is 2. The summed E-state index contributed by atoms with van der Waals surface area (Å²) < 4.78 is 2.58. The maximum atomic E-state index is 13.1. The van der Waals surface area contributed by atoms with Gasteiger partial charge in [-0.3, -0.25) is 9.59 Å². The number of fused-ring (bicyclic) bond motifs is 1. The van der Waals surface area contributed by atoms with E-state index in [0.29, 0.717) is 35.7 Å². The van der Waals surface area contributed by atoms with Crippen molar-refractivity contribution in [2.24, 2.45) is 0 Å². The van der Waals surface area contributed by atoms with E-state index in [4.69, 9.17) is 16.6 Å². The number of piperidine rings is 1. The number of likely N-dealkylation sites (tertiary alicyclic amines) is 1. The Morgan fingerprint density at radius 3 is 2.64 bits per heavy atom. The number of aromatic nitrogens is 3. The third kappa shape index (κ3) is 5.15. The van der Waals surface area contributed by atoms with Crippen LogP contribution < -0.4 is 5.32 Å². The molecule has 0 bridgehead atoms. The predicted octanol–water partition coefficient (Wildman–Crippen LogP) is 5.66. The molecular weight excluding hydrogens is 542 g/mol. The average molecular weight is 567 g/mol. The van der Waals surface area contributed by atoms with Crippen LogP contribution in [-0.2, 0) is 11.2 Å². The van der Waals surface area contributed by atoms with Crippen molar-refractivity contribution in [3.63, 3.8) is 0 Å². The van der Waals surface area contributed by atoms with Crippen LogP contribution in [0.4, 0.5) is 5.82 Å². The van der Waals surface area contributed by atoms with Crippen molar-refractivity contribution in [1.29, 1.82) is 0 Å². The van der Waals surface area contributed by atoms with Crippen LogP contribution in [0.25, 0.3) is 16.9 Å². The quantitative estimate of drug-likeness (QED) is 0.326. The molecule has 1 aliphatic heterocycles. The molecule has 0 unspecified atom stereocenters. The first-order valence-electron chi connectivity index (χ1n) is 11.8. The summed E-state index contributed by atoms with van der Waals surface area (Å²) in [5.74, 6) is 0.906. The zero-order valence-electron chi connectivity index (χ0n) is 19.7. The molecule has 0 spiro atoms. The van der Waals surface area contributed by atoms with Gasteiger partial charge in [0.15, 0.2) is 5.65 Å². The highest BCUT2D eigenvalue weighted by Gasteiger charge is 2.25. The van der Waals surface area contributed by atoms with Crippen molar-refractivity contribution in [2.75, 3.05) is 18.4 Å².